The molecule has 0 saturated carbocycles. The van der Waals surface area contributed by atoms with Gasteiger partial charge in [-0.25, -0.2) is 0 Å². The van der Waals surface area contributed by atoms with E-state index in [1.165, 1.54) is 6.92 Å². The molecule has 0 aliphatic rings. The van der Waals surface area contributed by atoms with Crippen LogP contribution in [0.4, 0.5) is 13.2 Å². The Morgan fingerprint density at radius 2 is 1.76 bits per heavy atom. The van der Waals surface area contributed by atoms with Crippen molar-refractivity contribution in [2.24, 2.45) is 0 Å². The molecule has 0 bridgehead atoms. The summed E-state index contributed by atoms with van der Waals surface area (Å²) < 4.78 is 36.7. The van der Waals surface area contributed by atoms with Crippen molar-refractivity contribution < 1.29 is 23.2 Å². The number of hydrogen-bond donors (Lipinski definition) is 1. The standard InChI is InChI=1S/C10H10F3NO3/c1-6(14(16)17)9(15)7-2-4-8(5-3-7)10(11,12)13/h2-6,9,15H,1H3/t6-,9+/m1/s1. The summed E-state index contributed by atoms with van der Waals surface area (Å²) >= 11 is 0. The molecule has 1 rings (SSSR count). The molecule has 1 aromatic rings. The van der Waals surface area contributed by atoms with Gasteiger partial charge in [0.2, 0.25) is 6.04 Å². The predicted molar refractivity (Wildman–Crippen MR) is 52.9 cm³/mol. The van der Waals surface area contributed by atoms with E-state index in [9.17, 15) is 28.4 Å². The molecule has 0 heterocycles. The fourth-order valence-corrected chi connectivity index (χ4v) is 1.26. The summed E-state index contributed by atoms with van der Waals surface area (Å²) in [5, 5.41) is 19.9. The maximum Gasteiger partial charge on any atom is 0.416 e. The van der Waals surface area contributed by atoms with Gasteiger partial charge < -0.3 is 5.11 Å². The van der Waals surface area contributed by atoms with E-state index in [1.54, 1.807) is 0 Å². The molecule has 0 fully saturated rings. The van der Waals surface area contributed by atoms with Gasteiger partial charge in [-0.1, -0.05) is 12.1 Å². The van der Waals surface area contributed by atoms with Gasteiger partial charge in [0.05, 0.1) is 5.56 Å². The first-order chi connectivity index (χ1) is 7.73. The van der Waals surface area contributed by atoms with Crippen molar-refractivity contribution in [2.75, 3.05) is 0 Å². The molecule has 0 saturated heterocycles. The van der Waals surface area contributed by atoms with E-state index in [-0.39, 0.29) is 5.56 Å². The molecule has 17 heavy (non-hydrogen) atoms. The van der Waals surface area contributed by atoms with Crippen molar-refractivity contribution in [3.05, 3.63) is 45.5 Å². The second-order valence-corrected chi connectivity index (χ2v) is 3.59. The van der Waals surface area contributed by atoms with Crippen LogP contribution in [-0.4, -0.2) is 16.1 Å². The van der Waals surface area contributed by atoms with E-state index in [0.717, 1.165) is 24.3 Å². The molecule has 0 aliphatic heterocycles. The van der Waals surface area contributed by atoms with Gasteiger partial charge in [-0.05, 0) is 17.7 Å². The van der Waals surface area contributed by atoms with Crippen molar-refractivity contribution >= 4 is 0 Å². The number of nitrogens with zero attached hydrogens (tertiary/aromatic N) is 1. The Morgan fingerprint density at radius 3 is 2.12 bits per heavy atom. The molecule has 0 radical (unpaired) electrons. The first-order valence-electron chi connectivity index (χ1n) is 4.72. The van der Waals surface area contributed by atoms with Crippen LogP contribution in [0.1, 0.15) is 24.2 Å². The van der Waals surface area contributed by atoms with Gasteiger partial charge >= 0.3 is 6.18 Å². The first kappa shape index (κ1) is 13.4. The van der Waals surface area contributed by atoms with Gasteiger partial charge in [0.1, 0.15) is 6.10 Å². The number of halogens is 3. The smallest absolute Gasteiger partial charge is 0.381 e. The first-order valence-corrected chi connectivity index (χ1v) is 4.72. The van der Waals surface area contributed by atoms with Crippen molar-refractivity contribution in [3.63, 3.8) is 0 Å². The van der Waals surface area contributed by atoms with Gasteiger partial charge in [0.15, 0.2) is 0 Å². The number of rotatable bonds is 3. The number of aliphatic hydroxyl groups excluding tert-OH is 1. The zero-order valence-corrected chi connectivity index (χ0v) is 8.81. The molecule has 4 nitrogen and oxygen atoms in total. The average molecular weight is 249 g/mol. The van der Waals surface area contributed by atoms with E-state index in [1.807, 2.05) is 0 Å². The number of hydrogen-bond acceptors (Lipinski definition) is 3. The van der Waals surface area contributed by atoms with Crippen LogP contribution in [-0.2, 0) is 6.18 Å². The molecule has 0 aliphatic carbocycles. The van der Waals surface area contributed by atoms with Gasteiger partial charge in [-0.2, -0.15) is 13.2 Å². The number of benzene rings is 1. The average Bonchev–Trinajstić information content (AvgIpc) is 2.26. The molecule has 0 aromatic heterocycles. The molecule has 2 atom stereocenters. The Morgan fingerprint density at radius 1 is 1.29 bits per heavy atom. The highest BCUT2D eigenvalue weighted by atomic mass is 19.4. The highest BCUT2D eigenvalue weighted by Gasteiger charge is 2.31. The number of nitro groups is 1. The van der Waals surface area contributed by atoms with Crippen LogP contribution < -0.4 is 0 Å². The summed E-state index contributed by atoms with van der Waals surface area (Å²) in [6.07, 6.45) is -5.88. The molecule has 1 aromatic carbocycles. The van der Waals surface area contributed by atoms with Gasteiger partial charge in [0, 0.05) is 11.8 Å². The maximum atomic E-state index is 12.2. The van der Waals surface area contributed by atoms with Crippen LogP contribution in [0.2, 0.25) is 0 Å². The Balaban J connectivity index is 2.92. The Hall–Kier alpha value is -1.63. The van der Waals surface area contributed by atoms with Crippen molar-refractivity contribution in [1.82, 2.24) is 0 Å². The van der Waals surface area contributed by atoms with Crippen LogP contribution in [0.15, 0.2) is 24.3 Å². The molecular formula is C10H10F3NO3. The summed E-state index contributed by atoms with van der Waals surface area (Å²) in [7, 11) is 0. The highest BCUT2D eigenvalue weighted by molar-refractivity contribution is 5.26. The second kappa shape index (κ2) is 4.70. The Labute approximate surface area is 94.8 Å². The largest absolute Gasteiger partial charge is 0.416 e. The third kappa shape index (κ3) is 3.16. The van der Waals surface area contributed by atoms with Crippen LogP contribution in [0.25, 0.3) is 0 Å². The lowest BCUT2D eigenvalue weighted by Crippen LogP contribution is -2.24. The summed E-state index contributed by atoms with van der Waals surface area (Å²) in [4.78, 5) is 9.71. The molecule has 0 spiro atoms. The summed E-state index contributed by atoms with van der Waals surface area (Å²) in [5.74, 6) is 0. The summed E-state index contributed by atoms with van der Waals surface area (Å²) in [6.45, 7) is 1.18. The second-order valence-electron chi connectivity index (χ2n) is 3.59. The summed E-state index contributed by atoms with van der Waals surface area (Å²) in [6, 6.07) is 2.36. The van der Waals surface area contributed by atoms with E-state index in [0.29, 0.717) is 0 Å². The van der Waals surface area contributed by atoms with Gasteiger partial charge in [0.25, 0.3) is 0 Å². The maximum absolute atomic E-state index is 12.2. The van der Waals surface area contributed by atoms with Crippen LogP contribution in [0, 0.1) is 10.1 Å². The van der Waals surface area contributed by atoms with Crippen molar-refractivity contribution in [3.8, 4) is 0 Å². The third-order valence-electron chi connectivity index (χ3n) is 2.37. The normalized spacial score (nSPS) is 15.4. The molecule has 1 N–H and O–H groups in total. The molecule has 7 heteroatoms. The fraction of sp³-hybridized carbons (Fsp3) is 0.400. The SMILES string of the molecule is C[C@H]([C@H](O)c1ccc(C(F)(F)F)cc1)[N+](=O)[O-]. The Bertz CT molecular complexity index is 402. The van der Waals surface area contributed by atoms with E-state index < -0.39 is 28.8 Å². The minimum atomic E-state index is -4.46. The fourth-order valence-electron chi connectivity index (χ4n) is 1.26. The lowest BCUT2D eigenvalue weighted by atomic mass is 10.0. The van der Waals surface area contributed by atoms with Crippen molar-refractivity contribution in [1.29, 1.82) is 0 Å². The summed E-state index contributed by atoms with van der Waals surface area (Å²) in [5.41, 5.74) is -0.774. The topological polar surface area (TPSA) is 63.4 Å². The zero-order chi connectivity index (χ0) is 13.2. The molecular weight excluding hydrogens is 239 g/mol. The monoisotopic (exact) mass is 249 g/mol. The minimum Gasteiger partial charge on any atom is -0.381 e. The number of alkyl halides is 3. The van der Waals surface area contributed by atoms with Crippen LogP contribution in [0.3, 0.4) is 0 Å². The van der Waals surface area contributed by atoms with Gasteiger partial charge in [-0.3, -0.25) is 10.1 Å². The lowest BCUT2D eigenvalue weighted by molar-refractivity contribution is -0.531. The molecule has 0 amide bonds. The number of aliphatic hydroxyl groups is 1. The zero-order valence-electron chi connectivity index (χ0n) is 8.81. The van der Waals surface area contributed by atoms with E-state index >= 15 is 0 Å². The van der Waals surface area contributed by atoms with Crippen LogP contribution in [0.5, 0.6) is 0 Å². The quantitative estimate of drug-likeness (QED) is 0.660. The third-order valence-corrected chi connectivity index (χ3v) is 2.37. The molecule has 94 valence electrons. The minimum absolute atomic E-state index is 0.0854. The lowest BCUT2D eigenvalue weighted by Gasteiger charge is -2.13. The predicted octanol–water partition coefficient (Wildman–Crippen LogP) is 2.40. The van der Waals surface area contributed by atoms with Gasteiger partial charge in [-0.15, -0.1) is 0 Å². The van der Waals surface area contributed by atoms with Crippen LogP contribution >= 0.6 is 0 Å². The van der Waals surface area contributed by atoms with E-state index in [2.05, 4.69) is 0 Å². The van der Waals surface area contributed by atoms with E-state index in [4.69, 9.17) is 0 Å². The van der Waals surface area contributed by atoms with Crippen molar-refractivity contribution in [2.45, 2.75) is 25.2 Å². The highest BCUT2D eigenvalue weighted by Crippen LogP contribution is 2.30. The Kier molecular flexibility index (Phi) is 3.72. The molecule has 0 unspecified atom stereocenters.